The third-order valence-corrected chi connectivity index (χ3v) is 6.47. The number of nitrogens with zero attached hydrogens (tertiary/aromatic N) is 1. The van der Waals surface area contributed by atoms with Crippen LogP contribution < -0.4 is 4.74 Å². The van der Waals surface area contributed by atoms with Crippen molar-refractivity contribution in [2.75, 3.05) is 27.3 Å². The number of sulfonamides is 1. The summed E-state index contributed by atoms with van der Waals surface area (Å²) in [5.41, 5.74) is 3.30. The average molecular weight is 420 g/mol. The molecule has 0 fully saturated rings. The SMILES string of the molecule is Cc1ccc(S(=O)(=O)N(C)C)cc1C(=O)OCCOc1ccc(C(C)C)c(C)c1. The number of hydrogen-bond donors (Lipinski definition) is 0. The van der Waals surface area contributed by atoms with E-state index in [0.717, 1.165) is 15.6 Å². The first-order valence-electron chi connectivity index (χ1n) is 9.47. The first kappa shape index (κ1) is 22.9. The molecule has 0 bridgehead atoms. The number of aryl methyl sites for hydroxylation is 2. The molecule has 0 atom stereocenters. The molecular weight excluding hydrogens is 390 g/mol. The number of benzene rings is 2. The summed E-state index contributed by atoms with van der Waals surface area (Å²) in [4.78, 5) is 12.5. The van der Waals surface area contributed by atoms with Crippen LogP contribution >= 0.6 is 0 Å². The van der Waals surface area contributed by atoms with Gasteiger partial charge in [0.05, 0.1) is 10.5 Å². The summed E-state index contributed by atoms with van der Waals surface area (Å²) in [7, 11) is -0.735. The van der Waals surface area contributed by atoms with Crippen molar-refractivity contribution >= 4 is 16.0 Å². The highest BCUT2D eigenvalue weighted by Crippen LogP contribution is 2.23. The molecular formula is C22H29NO5S. The van der Waals surface area contributed by atoms with Crippen molar-refractivity contribution < 1.29 is 22.7 Å². The van der Waals surface area contributed by atoms with Gasteiger partial charge in [0, 0.05) is 14.1 Å². The van der Waals surface area contributed by atoms with Crippen LogP contribution in [-0.2, 0) is 14.8 Å². The molecule has 158 valence electrons. The highest BCUT2D eigenvalue weighted by molar-refractivity contribution is 7.89. The third kappa shape index (κ3) is 5.58. The molecule has 7 heteroatoms. The zero-order valence-electron chi connectivity index (χ0n) is 17.9. The smallest absolute Gasteiger partial charge is 0.338 e. The van der Waals surface area contributed by atoms with E-state index in [1.54, 1.807) is 13.0 Å². The monoisotopic (exact) mass is 419 g/mol. The zero-order valence-corrected chi connectivity index (χ0v) is 18.7. The number of carbonyl (C=O) groups excluding carboxylic acids is 1. The van der Waals surface area contributed by atoms with Crippen LogP contribution in [0.25, 0.3) is 0 Å². The van der Waals surface area contributed by atoms with Crippen molar-refractivity contribution in [3.05, 3.63) is 58.7 Å². The van der Waals surface area contributed by atoms with Gasteiger partial charge < -0.3 is 9.47 Å². The Labute approximate surface area is 173 Å². The molecule has 6 nitrogen and oxygen atoms in total. The van der Waals surface area contributed by atoms with Gasteiger partial charge in [-0.3, -0.25) is 0 Å². The van der Waals surface area contributed by atoms with Crippen molar-refractivity contribution in [1.29, 1.82) is 0 Å². The van der Waals surface area contributed by atoms with Gasteiger partial charge in [0.25, 0.3) is 0 Å². The second-order valence-electron chi connectivity index (χ2n) is 7.42. The van der Waals surface area contributed by atoms with E-state index in [9.17, 15) is 13.2 Å². The average Bonchev–Trinajstić information content (AvgIpc) is 2.64. The van der Waals surface area contributed by atoms with Gasteiger partial charge in [-0.2, -0.15) is 0 Å². The van der Waals surface area contributed by atoms with Gasteiger partial charge in [-0.25, -0.2) is 17.5 Å². The summed E-state index contributed by atoms with van der Waals surface area (Å²) in [6.07, 6.45) is 0. The van der Waals surface area contributed by atoms with Crippen molar-refractivity contribution in [1.82, 2.24) is 4.31 Å². The van der Waals surface area contributed by atoms with E-state index in [0.29, 0.717) is 11.5 Å². The topological polar surface area (TPSA) is 72.9 Å². The number of rotatable bonds is 8. The van der Waals surface area contributed by atoms with E-state index in [4.69, 9.17) is 9.47 Å². The predicted octanol–water partition coefficient (Wildman–Crippen LogP) is 3.91. The Hall–Kier alpha value is -2.38. The minimum atomic E-state index is -3.62. The van der Waals surface area contributed by atoms with Crippen LogP contribution in [0.15, 0.2) is 41.3 Å². The molecule has 0 aliphatic heterocycles. The molecule has 2 rings (SSSR count). The molecule has 0 aliphatic rings. The molecule has 0 aromatic heterocycles. The van der Waals surface area contributed by atoms with Crippen molar-refractivity contribution in [2.24, 2.45) is 0 Å². The molecule has 0 heterocycles. The number of hydrogen-bond acceptors (Lipinski definition) is 5. The fourth-order valence-corrected chi connectivity index (χ4v) is 3.88. The van der Waals surface area contributed by atoms with Crippen LogP contribution in [0, 0.1) is 13.8 Å². The van der Waals surface area contributed by atoms with Gasteiger partial charge in [-0.1, -0.05) is 26.0 Å². The van der Waals surface area contributed by atoms with E-state index < -0.39 is 16.0 Å². The predicted molar refractivity (Wildman–Crippen MR) is 113 cm³/mol. The molecule has 2 aromatic rings. The molecule has 0 unspecified atom stereocenters. The molecule has 0 saturated heterocycles. The first-order chi connectivity index (χ1) is 13.5. The standard InChI is InChI=1S/C22H29NO5S/c1-15(2)20-10-8-18(13-17(20)4)27-11-12-28-22(24)21-14-19(9-7-16(21)3)29(25,26)23(5)6/h7-10,13-15H,11-12H2,1-6H3. The van der Waals surface area contributed by atoms with E-state index in [-0.39, 0.29) is 23.7 Å². The number of ether oxygens (including phenoxy) is 2. The normalized spacial score (nSPS) is 11.7. The first-order valence-corrected chi connectivity index (χ1v) is 10.9. The van der Waals surface area contributed by atoms with Crippen LogP contribution in [0.4, 0.5) is 0 Å². The van der Waals surface area contributed by atoms with Crippen molar-refractivity contribution in [2.45, 2.75) is 38.5 Å². The molecule has 29 heavy (non-hydrogen) atoms. The summed E-state index contributed by atoms with van der Waals surface area (Å²) in [5.74, 6) is 0.590. The summed E-state index contributed by atoms with van der Waals surface area (Å²) >= 11 is 0. The summed E-state index contributed by atoms with van der Waals surface area (Å²) in [5, 5.41) is 0. The number of esters is 1. The second-order valence-corrected chi connectivity index (χ2v) is 9.57. The molecule has 0 aliphatic carbocycles. The lowest BCUT2D eigenvalue weighted by Gasteiger charge is -2.14. The van der Waals surface area contributed by atoms with Gasteiger partial charge in [0.1, 0.15) is 19.0 Å². The summed E-state index contributed by atoms with van der Waals surface area (Å²) < 4.78 is 36.6. The Morgan fingerprint density at radius 2 is 1.69 bits per heavy atom. The van der Waals surface area contributed by atoms with Crippen LogP contribution in [-0.4, -0.2) is 46.0 Å². The van der Waals surface area contributed by atoms with Gasteiger partial charge in [0.15, 0.2) is 0 Å². The highest BCUT2D eigenvalue weighted by atomic mass is 32.2. The Kier molecular flexibility index (Phi) is 7.43. The Balaban J connectivity index is 1.99. The largest absolute Gasteiger partial charge is 0.490 e. The Morgan fingerprint density at radius 1 is 1.00 bits per heavy atom. The fourth-order valence-electron chi connectivity index (χ4n) is 2.95. The minimum absolute atomic E-state index is 0.0528. The van der Waals surface area contributed by atoms with E-state index >= 15 is 0 Å². The lowest BCUT2D eigenvalue weighted by molar-refractivity contribution is 0.0449. The van der Waals surface area contributed by atoms with Crippen LogP contribution in [0.5, 0.6) is 5.75 Å². The lowest BCUT2D eigenvalue weighted by atomic mass is 9.98. The van der Waals surface area contributed by atoms with Gasteiger partial charge in [-0.15, -0.1) is 0 Å². The van der Waals surface area contributed by atoms with Crippen molar-refractivity contribution in [3.63, 3.8) is 0 Å². The maximum absolute atomic E-state index is 12.4. The third-order valence-electron chi connectivity index (χ3n) is 4.66. The van der Waals surface area contributed by atoms with Gasteiger partial charge in [0.2, 0.25) is 10.0 Å². The van der Waals surface area contributed by atoms with Crippen LogP contribution in [0.2, 0.25) is 0 Å². The molecule has 0 spiro atoms. The van der Waals surface area contributed by atoms with Crippen LogP contribution in [0.1, 0.15) is 46.8 Å². The maximum atomic E-state index is 12.4. The van der Waals surface area contributed by atoms with Crippen LogP contribution in [0.3, 0.4) is 0 Å². The lowest BCUT2D eigenvalue weighted by Crippen LogP contribution is -2.23. The van der Waals surface area contributed by atoms with Gasteiger partial charge in [-0.05, 0) is 60.7 Å². The highest BCUT2D eigenvalue weighted by Gasteiger charge is 2.20. The van der Waals surface area contributed by atoms with E-state index in [2.05, 4.69) is 13.8 Å². The molecule has 0 N–H and O–H groups in total. The van der Waals surface area contributed by atoms with Crippen molar-refractivity contribution in [3.8, 4) is 5.75 Å². The molecule has 0 amide bonds. The fraction of sp³-hybridized carbons (Fsp3) is 0.409. The summed E-state index contributed by atoms with van der Waals surface area (Å²) in [6.45, 7) is 8.33. The van der Waals surface area contributed by atoms with E-state index in [1.807, 2.05) is 25.1 Å². The molecule has 0 saturated carbocycles. The van der Waals surface area contributed by atoms with Gasteiger partial charge >= 0.3 is 5.97 Å². The quantitative estimate of drug-likeness (QED) is 0.479. The maximum Gasteiger partial charge on any atom is 0.338 e. The molecule has 0 radical (unpaired) electrons. The minimum Gasteiger partial charge on any atom is -0.490 e. The Morgan fingerprint density at radius 3 is 2.28 bits per heavy atom. The number of carbonyl (C=O) groups is 1. The molecule has 2 aromatic carbocycles. The second kappa shape index (κ2) is 9.41. The summed E-state index contributed by atoms with van der Waals surface area (Å²) in [6, 6.07) is 10.3. The van der Waals surface area contributed by atoms with E-state index in [1.165, 1.54) is 31.8 Å². The zero-order chi connectivity index (χ0) is 21.8. The Bertz CT molecular complexity index is 981.